The molecule has 0 aromatic carbocycles. The molecular formula is C58H92NO7+. The molecule has 66 heavy (non-hydrogen) atoms. The summed E-state index contributed by atoms with van der Waals surface area (Å²) < 4.78 is 17.3. The molecule has 0 spiro atoms. The predicted octanol–water partition coefficient (Wildman–Crippen LogP) is 14.7. The number of carbonyl (C=O) groups is 3. The number of carbonyl (C=O) groups excluding carboxylic acids is 2. The Bertz CT molecular complexity index is 1530. The van der Waals surface area contributed by atoms with Gasteiger partial charge in [0.2, 0.25) is 0 Å². The van der Waals surface area contributed by atoms with Crippen LogP contribution < -0.4 is 0 Å². The predicted molar refractivity (Wildman–Crippen MR) is 279 cm³/mol. The van der Waals surface area contributed by atoms with Crippen molar-refractivity contribution < 1.29 is 38.2 Å². The van der Waals surface area contributed by atoms with Crippen LogP contribution in [0.2, 0.25) is 0 Å². The number of rotatable bonds is 43. The van der Waals surface area contributed by atoms with Crippen LogP contribution in [0.5, 0.6) is 0 Å². The largest absolute Gasteiger partial charge is 0.477 e. The summed E-state index contributed by atoms with van der Waals surface area (Å²) in [5, 5.41) is 9.66. The molecule has 0 fully saturated rings. The second-order valence-electron chi connectivity index (χ2n) is 17.5. The van der Waals surface area contributed by atoms with Crippen molar-refractivity contribution in [2.24, 2.45) is 0 Å². The molecule has 0 saturated heterocycles. The number of hydrogen-bond acceptors (Lipinski definition) is 6. The van der Waals surface area contributed by atoms with Gasteiger partial charge >= 0.3 is 17.9 Å². The minimum Gasteiger partial charge on any atom is -0.477 e. The summed E-state index contributed by atoms with van der Waals surface area (Å²) >= 11 is 0. The van der Waals surface area contributed by atoms with Gasteiger partial charge in [-0.05, 0) is 70.6 Å². The Labute approximate surface area is 403 Å². The normalized spacial score (nSPS) is 14.0. The van der Waals surface area contributed by atoms with Gasteiger partial charge in [0.05, 0.1) is 34.4 Å². The minimum atomic E-state index is -0.888. The van der Waals surface area contributed by atoms with Crippen LogP contribution in [-0.4, -0.2) is 80.6 Å². The summed E-state index contributed by atoms with van der Waals surface area (Å²) in [5.74, 6) is -1.55. The van der Waals surface area contributed by atoms with E-state index in [1.54, 1.807) is 0 Å². The first-order valence-electron chi connectivity index (χ1n) is 25.3. The molecule has 0 bridgehead atoms. The molecule has 0 rings (SSSR count). The Hall–Kier alpha value is -4.53. The second kappa shape index (κ2) is 47.0. The molecule has 0 aromatic rings. The van der Waals surface area contributed by atoms with E-state index in [0.717, 1.165) is 77.0 Å². The third-order valence-electron chi connectivity index (χ3n) is 10.5. The molecule has 0 aliphatic carbocycles. The first-order valence-corrected chi connectivity index (χ1v) is 25.3. The zero-order valence-corrected chi connectivity index (χ0v) is 42.1. The first-order chi connectivity index (χ1) is 32.1. The van der Waals surface area contributed by atoms with Gasteiger partial charge in [-0.25, -0.2) is 4.79 Å². The molecule has 8 heteroatoms. The van der Waals surface area contributed by atoms with E-state index >= 15 is 0 Å². The smallest absolute Gasteiger partial charge is 0.362 e. The zero-order chi connectivity index (χ0) is 48.4. The Morgan fingerprint density at radius 3 is 1.38 bits per heavy atom. The zero-order valence-electron chi connectivity index (χ0n) is 42.1. The van der Waals surface area contributed by atoms with E-state index in [1.165, 1.54) is 44.9 Å². The molecule has 8 nitrogen and oxygen atoms in total. The Morgan fingerprint density at radius 2 is 0.879 bits per heavy atom. The van der Waals surface area contributed by atoms with Crippen LogP contribution in [0.15, 0.2) is 134 Å². The van der Waals surface area contributed by atoms with Crippen molar-refractivity contribution in [3.05, 3.63) is 134 Å². The summed E-state index contributed by atoms with van der Waals surface area (Å²) in [6, 6.07) is -0.633. The highest BCUT2D eigenvalue weighted by Crippen LogP contribution is 2.14. The van der Waals surface area contributed by atoms with Gasteiger partial charge in [0.1, 0.15) is 6.61 Å². The van der Waals surface area contributed by atoms with Gasteiger partial charge in [-0.3, -0.25) is 9.59 Å². The molecule has 0 aromatic heterocycles. The first kappa shape index (κ1) is 61.5. The lowest BCUT2D eigenvalue weighted by Gasteiger charge is -2.31. The molecule has 2 unspecified atom stereocenters. The van der Waals surface area contributed by atoms with Gasteiger partial charge in [0.25, 0.3) is 0 Å². The fourth-order valence-electron chi connectivity index (χ4n) is 6.65. The highest BCUT2D eigenvalue weighted by atomic mass is 16.6. The minimum absolute atomic E-state index is 0.0345. The van der Waals surface area contributed by atoms with E-state index in [9.17, 15) is 19.5 Å². The maximum absolute atomic E-state index is 12.8. The number of unbranched alkanes of at least 4 members (excludes halogenated alkanes) is 13. The van der Waals surface area contributed by atoms with Crippen LogP contribution >= 0.6 is 0 Å². The molecule has 0 aliphatic rings. The number of quaternary nitrogens is 1. The van der Waals surface area contributed by atoms with Crippen molar-refractivity contribution in [2.45, 2.75) is 174 Å². The Balaban J connectivity index is 4.38. The SMILES string of the molecule is CC/C=C/C=C/C=C/C=C/C=C/C=C/C=C/CCCCCC(=O)OCC(COCCC(C(=O)O)[N+](C)(C)C)OC(=O)CCCCCCCCCCCC/C=C/C/C=C/C/C=C/C/C=C/CC. The lowest BCUT2D eigenvalue weighted by atomic mass is 10.0. The average molecular weight is 915 g/mol. The van der Waals surface area contributed by atoms with Gasteiger partial charge in [-0.15, -0.1) is 0 Å². The van der Waals surface area contributed by atoms with E-state index in [2.05, 4.69) is 74.6 Å². The van der Waals surface area contributed by atoms with Crippen molar-refractivity contribution in [3.8, 4) is 0 Å². The van der Waals surface area contributed by atoms with Gasteiger partial charge in [-0.1, -0.05) is 205 Å². The van der Waals surface area contributed by atoms with Crippen LogP contribution in [-0.2, 0) is 28.6 Å². The maximum atomic E-state index is 12.8. The number of aliphatic carboxylic acids is 1. The Kier molecular flexibility index (Phi) is 43.8. The fraction of sp³-hybridized carbons (Fsp3) is 0.569. The third kappa shape index (κ3) is 44.7. The van der Waals surface area contributed by atoms with Crippen LogP contribution in [0.3, 0.4) is 0 Å². The van der Waals surface area contributed by atoms with E-state index in [1.807, 2.05) is 94.1 Å². The molecule has 0 saturated carbocycles. The molecule has 0 radical (unpaired) electrons. The van der Waals surface area contributed by atoms with Gasteiger partial charge in [0, 0.05) is 19.3 Å². The standard InChI is InChI=1S/C58H91NO7/c1-6-8-10-12-14-16-18-20-22-24-26-27-28-29-31-33-35-37-39-41-43-45-47-49-57(61)66-54(52-64-51-50-55(58(62)63)59(3,4)5)53-65-56(60)48-46-44-42-40-38-36-34-32-30-25-23-21-19-17-15-13-11-9-7-2/h8-11,13-17,19-23,25-27,30,32,34,36,38,54-55H,6-7,12,18,24,28-29,31,33,35,37,39-53H2,1-5H3/p+1/b10-8+,11-9+,15-13+,16-14+,19-17+,22-20+,23-21+,27-26+,30-25+,34-32+,38-36+. The van der Waals surface area contributed by atoms with E-state index in [-0.39, 0.29) is 36.2 Å². The quantitative estimate of drug-likeness (QED) is 0.0214. The number of carboxylic acids is 1. The lowest BCUT2D eigenvalue weighted by Crippen LogP contribution is -2.50. The number of hydrogen-bond donors (Lipinski definition) is 1. The van der Waals surface area contributed by atoms with E-state index in [0.29, 0.717) is 25.7 Å². The molecule has 370 valence electrons. The summed E-state index contributed by atoms with van der Waals surface area (Å²) in [7, 11) is 5.50. The topological polar surface area (TPSA) is 99.1 Å². The number of likely N-dealkylation sites (N-methyl/N-ethyl adjacent to an activating group) is 1. The number of carboxylic acid groups (broad SMARTS) is 1. The van der Waals surface area contributed by atoms with Crippen LogP contribution in [0.4, 0.5) is 0 Å². The average Bonchev–Trinajstić information content (AvgIpc) is 3.28. The fourth-order valence-corrected chi connectivity index (χ4v) is 6.65. The summed E-state index contributed by atoms with van der Waals surface area (Å²) in [4.78, 5) is 37.2. The molecule has 0 aliphatic heterocycles. The summed E-state index contributed by atoms with van der Waals surface area (Å²) in [5.41, 5.74) is 0. The van der Waals surface area contributed by atoms with Gasteiger partial charge < -0.3 is 23.8 Å². The molecule has 0 heterocycles. The van der Waals surface area contributed by atoms with Gasteiger partial charge in [0.15, 0.2) is 12.1 Å². The highest BCUT2D eigenvalue weighted by Gasteiger charge is 2.31. The van der Waals surface area contributed by atoms with Gasteiger partial charge in [-0.2, -0.15) is 0 Å². The molecular weight excluding hydrogens is 823 g/mol. The summed E-state index contributed by atoms with van der Waals surface area (Å²) in [6.07, 6.45) is 67.8. The van der Waals surface area contributed by atoms with Crippen LogP contribution in [0.25, 0.3) is 0 Å². The van der Waals surface area contributed by atoms with Crippen molar-refractivity contribution in [3.63, 3.8) is 0 Å². The highest BCUT2D eigenvalue weighted by molar-refractivity contribution is 5.72. The molecule has 0 amide bonds. The van der Waals surface area contributed by atoms with Crippen molar-refractivity contribution >= 4 is 17.9 Å². The Morgan fingerprint density at radius 1 is 0.470 bits per heavy atom. The van der Waals surface area contributed by atoms with Crippen molar-refractivity contribution in [1.29, 1.82) is 0 Å². The summed E-state index contributed by atoms with van der Waals surface area (Å²) in [6.45, 7) is 4.41. The van der Waals surface area contributed by atoms with Crippen LogP contribution in [0, 0.1) is 0 Å². The lowest BCUT2D eigenvalue weighted by molar-refractivity contribution is -0.887. The number of allylic oxidation sites excluding steroid dienone is 22. The number of esters is 2. The monoisotopic (exact) mass is 915 g/mol. The maximum Gasteiger partial charge on any atom is 0.362 e. The number of ether oxygens (including phenoxy) is 3. The van der Waals surface area contributed by atoms with Crippen molar-refractivity contribution in [2.75, 3.05) is 41.0 Å². The number of nitrogens with zero attached hydrogens (tertiary/aromatic N) is 1. The molecule has 1 N–H and O–H groups in total. The van der Waals surface area contributed by atoms with Crippen molar-refractivity contribution in [1.82, 2.24) is 0 Å². The molecule has 2 atom stereocenters. The van der Waals surface area contributed by atoms with Crippen LogP contribution in [0.1, 0.15) is 162 Å². The van der Waals surface area contributed by atoms with E-state index in [4.69, 9.17) is 14.2 Å². The van der Waals surface area contributed by atoms with E-state index < -0.39 is 18.1 Å². The second-order valence-corrected chi connectivity index (χ2v) is 17.5. The third-order valence-corrected chi connectivity index (χ3v) is 10.5.